The summed E-state index contributed by atoms with van der Waals surface area (Å²) in [6, 6.07) is -1.69. The Bertz CT molecular complexity index is 333. The number of hydrogen-bond donors (Lipinski definition) is 3. The number of rotatable bonds is 4. The number of nitrogens with zero attached hydrogens (tertiary/aromatic N) is 1. The Balaban J connectivity index is 2.56. The Morgan fingerprint density at radius 3 is 2.94 bits per heavy atom. The lowest BCUT2D eigenvalue weighted by Crippen LogP contribution is -2.51. The Morgan fingerprint density at radius 1 is 1.61 bits per heavy atom. The van der Waals surface area contributed by atoms with E-state index in [1.54, 1.807) is 0 Å². The minimum absolute atomic E-state index is 0.0643. The van der Waals surface area contributed by atoms with Crippen molar-refractivity contribution in [3.8, 4) is 0 Å². The second-order valence-corrected chi connectivity index (χ2v) is 3.92. The molecule has 1 atom stereocenters. The smallest absolute Gasteiger partial charge is 0.328 e. The first kappa shape index (κ1) is 14.2. The van der Waals surface area contributed by atoms with Gasteiger partial charge in [0.25, 0.3) is 0 Å². The Morgan fingerprint density at radius 2 is 2.33 bits per heavy atom. The standard InChI is InChI=1S/C10H17N3O5/c1-18-6-7(9(15)16)12-10(17)13-4-2-3-11-8(14)5-13/h7H,2-6H2,1H3,(H,11,14)(H,12,17)(H,15,16). The fraction of sp³-hybridized carbons (Fsp3) is 0.700. The molecule has 3 N–H and O–H groups in total. The zero-order valence-corrected chi connectivity index (χ0v) is 10.1. The maximum Gasteiger partial charge on any atom is 0.328 e. The predicted octanol–water partition coefficient (Wildman–Crippen LogP) is -1.38. The molecular formula is C10H17N3O5. The summed E-state index contributed by atoms with van der Waals surface area (Å²) >= 11 is 0. The summed E-state index contributed by atoms with van der Waals surface area (Å²) in [7, 11) is 1.35. The van der Waals surface area contributed by atoms with Crippen LogP contribution in [0.15, 0.2) is 0 Å². The van der Waals surface area contributed by atoms with Crippen LogP contribution >= 0.6 is 0 Å². The molecule has 0 aromatic carbocycles. The van der Waals surface area contributed by atoms with Crippen molar-refractivity contribution in [1.82, 2.24) is 15.5 Å². The van der Waals surface area contributed by atoms with Gasteiger partial charge in [0.2, 0.25) is 5.91 Å². The van der Waals surface area contributed by atoms with Crippen molar-refractivity contribution < 1.29 is 24.2 Å². The molecule has 1 aliphatic rings. The van der Waals surface area contributed by atoms with E-state index in [-0.39, 0.29) is 19.1 Å². The zero-order valence-electron chi connectivity index (χ0n) is 10.1. The number of nitrogens with one attached hydrogen (secondary N) is 2. The number of aliphatic carboxylic acids is 1. The van der Waals surface area contributed by atoms with Gasteiger partial charge >= 0.3 is 12.0 Å². The lowest BCUT2D eigenvalue weighted by Gasteiger charge is -2.22. The minimum atomic E-state index is -1.18. The van der Waals surface area contributed by atoms with Gasteiger partial charge in [-0.1, -0.05) is 0 Å². The van der Waals surface area contributed by atoms with Crippen molar-refractivity contribution in [2.24, 2.45) is 0 Å². The largest absolute Gasteiger partial charge is 0.480 e. The molecule has 0 radical (unpaired) electrons. The van der Waals surface area contributed by atoms with Crippen molar-refractivity contribution in [2.45, 2.75) is 12.5 Å². The molecule has 1 rings (SSSR count). The van der Waals surface area contributed by atoms with Gasteiger partial charge in [-0.2, -0.15) is 0 Å². The van der Waals surface area contributed by atoms with E-state index in [1.807, 2.05) is 0 Å². The average molecular weight is 259 g/mol. The summed E-state index contributed by atoms with van der Waals surface area (Å²) < 4.78 is 4.71. The van der Waals surface area contributed by atoms with E-state index >= 15 is 0 Å². The molecule has 3 amide bonds. The monoisotopic (exact) mass is 259 g/mol. The van der Waals surface area contributed by atoms with Gasteiger partial charge in [0.1, 0.15) is 6.54 Å². The van der Waals surface area contributed by atoms with Crippen LogP contribution in [-0.4, -0.2) is 67.3 Å². The molecular weight excluding hydrogens is 242 g/mol. The first-order chi connectivity index (χ1) is 8.54. The highest BCUT2D eigenvalue weighted by Gasteiger charge is 2.25. The summed E-state index contributed by atoms with van der Waals surface area (Å²) in [6.07, 6.45) is 0.640. The quantitative estimate of drug-likeness (QED) is 0.576. The van der Waals surface area contributed by atoms with E-state index in [0.29, 0.717) is 19.5 Å². The molecule has 0 spiro atoms. The average Bonchev–Trinajstić information content (AvgIpc) is 2.53. The van der Waals surface area contributed by atoms with Crippen LogP contribution in [0, 0.1) is 0 Å². The van der Waals surface area contributed by atoms with Gasteiger partial charge in [0, 0.05) is 20.2 Å². The van der Waals surface area contributed by atoms with E-state index in [2.05, 4.69) is 10.6 Å². The number of urea groups is 1. The van der Waals surface area contributed by atoms with Crippen LogP contribution in [0.25, 0.3) is 0 Å². The van der Waals surface area contributed by atoms with Gasteiger partial charge in [-0.3, -0.25) is 4.79 Å². The number of hydrogen-bond acceptors (Lipinski definition) is 4. The third-order valence-electron chi connectivity index (χ3n) is 2.48. The number of carbonyl (C=O) groups excluding carboxylic acids is 2. The fourth-order valence-electron chi connectivity index (χ4n) is 1.56. The zero-order chi connectivity index (χ0) is 13.5. The van der Waals surface area contributed by atoms with Crippen molar-refractivity contribution >= 4 is 17.9 Å². The number of carboxylic acids is 1. The molecule has 8 nitrogen and oxygen atoms in total. The highest BCUT2D eigenvalue weighted by molar-refractivity contribution is 5.87. The molecule has 0 aromatic heterocycles. The van der Waals surface area contributed by atoms with Crippen molar-refractivity contribution in [2.75, 3.05) is 33.4 Å². The fourth-order valence-corrected chi connectivity index (χ4v) is 1.56. The summed E-state index contributed by atoms with van der Waals surface area (Å²) in [4.78, 5) is 35.2. The van der Waals surface area contributed by atoms with E-state index in [4.69, 9.17) is 9.84 Å². The SMILES string of the molecule is COCC(NC(=O)N1CCCNC(=O)C1)C(=O)O. The molecule has 0 saturated carbocycles. The third kappa shape index (κ3) is 4.21. The normalized spacial score (nSPS) is 17.6. The molecule has 1 saturated heterocycles. The number of carbonyl (C=O) groups is 3. The van der Waals surface area contributed by atoms with Crippen LogP contribution in [-0.2, 0) is 14.3 Å². The van der Waals surface area contributed by atoms with E-state index < -0.39 is 18.0 Å². The maximum atomic E-state index is 11.8. The third-order valence-corrected chi connectivity index (χ3v) is 2.48. The second-order valence-electron chi connectivity index (χ2n) is 3.92. The second kappa shape index (κ2) is 6.80. The minimum Gasteiger partial charge on any atom is -0.480 e. The number of methoxy groups -OCH3 is 1. The topological polar surface area (TPSA) is 108 Å². The van der Waals surface area contributed by atoms with Crippen LogP contribution in [0.3, 0.4) is 0 Å². The van der Waals surface area contributed by atoms with Crippen LogP contribution < -0.4 is 10.6 Å². The highest BCUT2D eigenvalue weighted by atomic mass is 16.5. The van der Waals surface area contributed by atoms with Crippen LogP contribution in [0.2, 0.25) is 0 Å². The van der Waals surface area contributed by atoms with Crippen molar-refractivity contribution in [3.05, 3.63) is 0 Å². The molecule has 8 heteroatoms. The van der Waals surface area contributed by atoms with Gasteiger partial charge in [0.05, 0.1) is 6.61 Å². The summed E-state index contributed by atoms with van der Waals surface area (Å²) in [5.74, 6) is -1.43. The van der Waals surface area contributed by atoms with E-state index in [1.165, 1.54) is 12.0 Å². The first-order valence-corrected chi connectivity index (χ1v) is 5.58. The Labute approximate surface area is 104 Å². The molecule has 1 fully saturated rings. The molecule has 1 heterocycles. The maximum absolute atomic E-state index is 11.8. The van der Waals surface area contributed by atoms with Crippen LogP contribution in [0.4, 0.5) is 4.79 Å². The molecule has 0 aromatic rings. The van der Waals surface area contributed by atoms with Gasteiger partial charge in [0.15, 0.2) is 6.04 Å². The van der Waals surface area contributed by atoms with Gasteiger partial charge in [-0.05, 0) is 6.42 Å². The number of amides is 3. The molecule has 18 heavy (non-hydrogen) atoms. The first-order valence-electron chi connectivity index (χ1n) is 5.58. The van der Waals surface area contributed by atoms with Crippen LogP contribution in [0.5, 0.6) is 0 Å². The Hall–Kier alpha value is -1.83. The Kier molecular flexibility index (Phi) is 5.37. The van der Waals surface area contributed by atoms with Gasteiger partial charge in [-0.15, -0.1) is 0 Å². The van der Waals surface area contributed by atoms with Crippen molar-refractivity contribution in [3.63, 3.8) is 0 Å². The van der Waals surface area contributed by atoms with E-state index in [0.717, 1.165) is 0 Å². The molecule has 102 valence electrons. The van der Waals surface area contributed by atoms with Gasteiger partial charge < -0.3 is 25.4 Å². The lowest BCUT2D eigenvalue weighted by molar-refractivity contribution is -0.140. The predicted molar refractivity (Wildman–Crippen MR) is 61.0 cm³/mol. The lowest BCUT2D eigenvalue weighted by atomic mass is 10.3. The van der Waals surface area contributed by atoms with Crippen molar-refractivity contribution in [1.29, 1.82) is 0 Å². The number of ether oxygens (including phenoxy) is 1. The molecule has 0 bridgehead atoms. The molecule has 0 aliphatic carbocycles. The van der Waals surface area contributed by atoms with Crippen LogP contribution in [0.1, 0.15) is 6.42 Å². The summed E-state index contributed by atoms with van der Waals surface area (Å²) in [6.45, 7) is 0.735. The summed E-state index contributed by atoms with van der Waals surface area (Å²) in [5.41, 5.74) is 0. The molecule has 1 aliphatic heterocycles. The highest BCUT2D eigenvalue weighted by Crippen LogP contribution is 1.98. The van der Waals surface area contributed by atoms with Gasteiger partial charge in [-0.25, -0.2) is 9.59 Å². The number of carboxylic acid groups (broad SMARTS) is 1. The summed E-state index contributed by atoms with van der Waals surface area (Å²) in [5, 5.41) is 13.8. The van der Waals surface area contributed by atoms with E-state index in [9.17, 15) is 14.4 Å². The molecule has 1 unspecified atom stereocenters.